The summed E-state index contributed by atoms with van der Waals surface area (Å²) in [5.74, 6) is 0.188. The maximum atomic E-state index is 9.85. The summed E-state index contributed by atoms with van der Waals surface area (Å²) in [6, 6.07) is 13.8. The van der Waals surface area contributed by atoms with Crippen molar-refractivity contribution in [2.45, 2.75) is 0 Å². The minimum Gasteiger partial charge on any atom is -0.379 e. The van der Waals surface area contributed by atoms with Gasteiger partial charge < -0.3 is 9.52 Å². The average molecular weight is 308 g/mol. The summed E-state index contributed by atoms with van der Waals surface area (Å²) in [5.41, 5.74) is 1.36. The highest BCUT2D eigenvalue weighted by Gasteiger charge is 2.27. The Labute approximate surface area is 125 Å². The largest absolute Gasteiger partial charge is 0.509 e. The molecule has 3 aromatic rings. The van der Waals surface area contributed by atoms with Gasteiger partial charge in [0.15, 0.2) is 0 Å². The van der Waals surface area contributed by atoms with Gasteiger partial charge in [-0.05, 0) is 48.5 Å². The van der Waals surface area contributed by atoms with Crippen LogP contribution in [-0.2, 0) is 0 Å². The predicted molar refractivity (Wildman–Crippen MR) is 77.9 cm³/mol. The van der Waals surface area contributed by atoms with Gasteiger partial charge in [-0.1, -0.05) is 23.2 Å². The zero-order valence-electron chi connectivity index (χ0n) is 10.1. The average Bonchev–Trinajstić information content (AvgIpc) is 2.82. The van der Waals surface area contributed by atoms with E-state index in [4.69, 9.17) is 32.0 Å². The zero-order chi connectivity index (χ0) is 14.1. The van der Waals surface area contributed by atoms with Crippen molar-refractivity contribution >= 4 is 23.2 Å². The Balaban J connectivity index is 2.02. The predicted octanol–water partition coefficient (Wildman–Crippen LogP) is 5.50. The summed E-state index contributed by atoms with van der Waals surface area (Å²) >= 11 is 11.6. The highest BCUT2D eigenvalue weighted by Crippen LogP contribution is 2.37. The second-order valence-electron chi connectivity index (χ2n) is 4.14. The molecule has 1 aromatic heterocycles. The summed E-state index contributed by atoms with van der Waals surface area (Å²) in [6.07, 6.45) is 0. The first-order valence-corrected chi connectivity index (χ1v) is 6.57. The fourth-order valence-electron chi connectivity index (χ4n) is 1.78. The van der Waals surface area contributed by atoms with E-state index in [0.717, 1.165) is 0 Å². The highest BCUT2D eigenvalue weighted by atomic mass is 35.5. The summed E-state index contributed by atoms with van der Waals surface area (Å²) < 4.78 is 10.8. The molecule has 0 aliphatic heterocycles. The van der Waals surface area contributed by atoms with Crippen molar-refractivity contribution in [3.05, 3.63) is 58.6 Å². The molecule has 1 heterocycles. The molecule has 0 saturated carbocycles. The van der Waals surface area contributed by atoms with E-state index in [1.54, 1.807) is 48.5 Å². The SMILES string of the molecule is Oc1[o+]c(-c2ccc(Cl)cc2)oc1-c1ccc(Cl)cc1. The molecule has 0 unspecified atom stereocenters. The third-order valence-electron chi connectivity index (χ3n) is 2.76. The maximum absolute atomic E-state index is 9.85. The van der Waals surface area contributed by atoms with Crippen LogP contribution in [0.3, 0.4) is 0 Å². The van der Waals surface area contributed by atoms with Gasteiger partial charge in [-0.25, -0.2) is 0 Å². The lowest BCUT2D eigenvalue weighted by molar-refractivity contribution is 0.335. The van der Waals surface area contributed by atoms with Crippen molar-refractivity contribution in [2.24, 2.45) is 0 Å². The van der Waals surface area contributed by atoms with Crippen LogP contribution in [0.5, 0.6) is 5.95 Å². The second-order valence-corrected chi connectivity index (χ2v) is 5.01. The van der Waals surface area contributed by atoms with Crippen LogP contribution >= 0.6 is 23.2 Å². The molecular weight excluding hydrogens is 299 g/mol. The van der Waals surface area contributed by atoms with Crippen LogP contribution in [0.4, 0.5) is 0 Å². The highest BCUT2D eigenvalue weighted by molar-refractivity contribution is 6.30. The lowest BCUT2D eigenvalue weighted by Crippen LogP contribution is -1.74. The van der Waals surface area contributed by atoms with Crippen molar-refractivity contribution in [1.82, 2.24) is 0 Å². The lowest BCUT2D eigenvalue weighted by Gasteiger charge is -1.91. The Kier molecular flexibility index (Phi) is 3.38. The maximum Gasteiger partial charge on any atom is 0.509 e. The molecule has 0 aliphatic rings. The molecule has 0 saturated heterocycles. The molecule has 2 aromatic carbocycles. The summed E-state index contributed by atoms with van der Waals surface area (Å²) in [6.45, 7) is 0. The van der Waals surface area contributed by atoms with Gasteiger partial charge in [0.2, 0.25) is 0 Å². The smallest absolute Gasteiger partial charge is 0.379 e. The van der Waals surface area contributed by atoms with Crippen molar-refractivity contribution in [2.75, 3.05) is 0 Å². The van der Waals surface area contributed by atoms with Gasteiger partial charge in [0.25, 0.3) is 0 Å². The third-order valence-corrected chi connectivity index (χ3v) is 3.27. The Morgan fingerprint density at radius 2 is 1.30 bits per heavy atom. The van der Waals surface area contributed by atoms with Crippen molar-refractivity contribution in [3.63, 3.8) is 0 Å². The van der Waals surface area contributed by atoms with Gasteiger partial charge >= 0.3 is 17.7 Å². The minimum absolute atomic E-state index is 0.212. The molecule has 0 atom stereocenters. The van der Waals surface area contributed by atoms with E-state index in [9.17, 15) is 5.11 Å². The first-order chi connectivity index (χ1) is 9.63. The fourth-order valence-corrected chi connectivity index (χ4v) is 2.03. The van der Waals surface area contributed by atoms with Crippen LogP contribution in [0.1, 0.15) is 0 Å². The van der Waals surface area contributed by atoms with Crippen molar-refractivity contribution in [1.29, 1.82) is 0 Å². The van der Waals surface area contributed by atoms with E-state index in [2.05, 4.69) is 0 Å². The van der Waals surface area contributed by atoms with E-state index >= 15 is 0 Å². The van der Waals surface area contributed by atoms with Crippen molar-refractivity contribution in [3.8, 4) is 28.8 Å². The molecule has 0 radical (unpaired) electrons. The number of aromatic hydroxyl groups is 1. The van der Waals surface area contributed by atoms with Gasteiger partial charge in [0, 0.05) is 15.6 Å². The molecule has 5 heteroatoms. The molecule has 0 aliphatic carbocycles. The van der Waals surface area contributed by atoms with E-state index < -0.39 is 0 Å². The Morgan fingerprint density at radius 1 is 0.800 bits per heavy atom. The Hall–Kier alpha value is -1.97. The molecule has 0 fully saturated rings. The van der Waals surface area contributed by atoms with Gasteiger partial charge in [-0.15, -0.1) is 0 Å². The quantitative estimate of drug-likeness (QED) is 0.636. The minimum atomic E-state index is -0.280. The fraction of sp³-hybridized carbons (Fsp3) is 0. The summed E-state index contributed by atoms with van der Waals surface area (Å²) in [7, 11) is 0. The number of rotatable bonds is 2. The van der Waals surface area contributed by atoms with Gasteiger partial charge in [-0.3, -0.25) is 4.42 Å². The van der Waals surface area contributed by atoms with E-state index in [-0.39, 0.29) is 17.7 Å². The molecule has 0 bridgehead atoms. The van der Waals surface area contributed by atoms with E-state index in [1.165, 1.54) is 0 Å². The van der Waals surface area contributed by atoms with Crippen LogP contribution in [0.2, 0.25) is 10.0 Å². The normalized spacial score (nSPS) is 10.7. The first kappa shape index (κ1) is 13.0. The topological polar surface area (TPSA) is 44.7 Å². The number of hydrogen-bond donors (Lipinski definition) is 1. The summed E-state index contributed by atoms with van der Waals surface area (Å²) in [5, 5.41) is 11.1. The van der Waals surface area contributed by atoms with Gasteiger partial charge in [-0.2, -0.15) is 0 Å². The Bertz CT molecular complexity index is 731. The van der Waals surface area contributed by atoms with Crippen LogP contribution in [0.25, 0.3) is 22.8 Å². The zero-order valence-corrected chi connectivity index (χ0v) is 11.7. The molecule has 0 spiro atoms. The number of hydrogen-bond acceptors (Lipinski definition) is 2. The van der Waals surface area contributed by atoms with Crippen molar-refractivity contribution < 1.29 is 13.9 Å². The molecule has 100 valence electrons. The molecular formula is C15H9Cl2O3+. The van der Waals surface area contributed by atoms with Gasteiger partial charge in [0.1, 0.15) is 0 Å². The van der Waals surface area contributed by atoms with E-state index in [1.807, 2.05) is 0 Å². The Morgan fingerprint density at radius 3 is 1.85 bits per heavy atom. The number of halogens is 2. The van der Waals surface area contributed by atoms with Crippen LogP contribution in [0, 0.1) is 0 Å². The molecule has 0 amide bonds. The molecule has 3 nitrogen and oxygen atoms in total. The lowest BCUT2D eigenvalue weighted by atomic mass is 10.2. The monoisotopic (exact) mass is 307 g/mol. The third kappa shape index (κ3) is 2.50. The van der Waals surface area contributed by atoms with Crippen LogP contribution in [0.15, 0.2) is 57.4 Å². The van der Waals surface area contributed by atoms with Gasteiger partial charge in [0.05, 0.1) is 5.56 Å². The van der Waals surface area contributed by atoms with Crippen LogP contribution in [-0.4, -0.2) is 5.11 Å². The van der Waals surface area contributed by atoms with E-state index in [0.29, 0.717) is 21.2 Å². The summed E-state index contributed by atoms with van der Waals surface area (Å²) in [4.78, 5) is 0. The molecule has 20 heavy (non-hydrogen) atoms. The molecule has 1 N–H and O–H groups in total. The second kappa shape index (κ2) is 5.19. The molecule has 3 rings (SSSR count). The number of benzene rings is 2. The standard InChI is InChI=1S/C15H8Cl2O3/c16-11-5-1-9(2-6-11)13-14(18)20-15(19-13)10-3-7-12(17)8-4-10/h1-8H/p+1. The van der Waals surface area contributed by atoms with Crippen LogP contribution < -0.4 is 0 Å². The first-order valence-electron chi connectivity index (χ1n) is 5.81.